The smallest absolute Gasteiger partial charge is 0.311 e. The van der Waals surface area contributed by atoms with Crippen molar-refractivity contribution in [1.82, 2.24) is 0 Å². The predicted octanol–water partition coefficient (Wildman–Crippen LogP) is 2.31. The molecular weight excluding hydrogens is 242 g/mol. The van der Waals surface area contributed by atoms with Gasteiger partial charge in [-0.05, 0) is 37.5 Å². The highest BCUT2D eigenvalue weighted by atomic mass is 16.5. The molecule has 1 aliphatic heterocycles. The Morgan fingerprint density at radius 2 is 2.11 bits per heavy atom. The van der Waals surface area contributed by atoms with Crippen molar-refractivity contribution in [2.45, 2.75) is 19.8 Å². The number of nitrogens with zero attached hydrogens (tertiary/aromatic N) is 1. The van der Waals surface area contributed by atoms with Crippen LogP contribution >= 0.6 is 0 Å². The molecule has 1 heterocycles. The topological polar surface area (TPSA) is 49.8 Å². The van der Waals surface area contributed by atoms with Crippen LogP contribution in [0.25, 0.3) is 0 Å². The lowest BCUT2D eigenvalue weighted by Crippen LogP contribution is -2.45. The van der Waals surface area contributed by atoms with Gasteiger partial charge in [-0.3, -0.25) is 4.79 Å². The number of aryl methyl sites for hydroxylation is 1. The first kappa shape index (κ1) is 13.9. The Morgan fingerprint density at radius 1 is 1.42 bits per heavy atom. The van der Waals surface area contributed by atoms with E-state index in [-0.39, 0.29) is 0 Å². The highest BCUT2D eigenvalue weighted by molar-refractivity contribution is 5.76. The van der Waals surface area contributed by atoms with Crippen molar-refractivity contribution in [3.63, 3.8) is 0 Å². The molecule has 4 heteroatoms. The molecule has 1 N–H and O–H groups in total. The van der Waals surface area contributed by atoms with Gasteiger partial charge in [0.15, 0.2) is 0 Å². The average Bonchev–Trinajstić information content (AvgIpc) is 2.39. The third-order valence-electron chi connectivity index (χ3n) is 3.89. The van der Waals surface area contributed by atoms with Gasteiger partial charge in [-0.25, -0.2) is 0 Å². The second-order valence-electron chi connectivity index (χ2n) is 5.39. The summed E-state index contributed by atoms with van der Waals surface area (Å²) in [6.07, 6.45) is 1.16. The van der Waals surface area contributed by atoms with Gasteiger partial charge in [-0.1, -0.05) is 12.1 Å². The Balaban J connectivity index is 2.15. The van der Waals surface area contributed by atoms with Crippen LogP contribution in [0.4, 0.5) is 5.69 Å². The van der Waals surface area contributed by atoms with Gasteiger partial charge >= 0.3 is 5.97 Å². The fourth-order valence-corrected chi connectivity index (χ4v) is 2.61. The molecular formula is C15H21NO3. The summed E-state index contributed by atoms with van der Waals surface area (Å²) in [5, 5.41) is 9.56. The Bertz CT molecular complexity index is 452. The SMILES string of the molecule is Cc1cccc(N(C)CC2(C(=O)O)CCOCC2)c1. The number of rotatable bonds is 4. The van der Waals surface area contributed by atoms with Crippen molar-refractivity contribution < 1.29 is 14.6 Å². The lowest BCUT2D eigenvalue weighted by molar-refractivity contribution is -0.154. The summed E-state index contributed by atoms with van der Waals surface area (Å²) in [6.45, 7) is 3.63. The van der Waals surface area contributed by atoms with Crippen LogP contribution in [0.1, 0.15) is 18.4 Å². The first-order chi connectivity index (χ1) is 9.03. The van der Waals surface area contributed by atoms with Crippen LogP contribution in [0.5, 0.6) is 0 Å². The number of aliphatic carboxylic acids is 1. The number of carboxylic acid groups (broad SMARTS) is 1. The van der Waals surface area contributed by atoms with Gasteiger partial charge in [0.05, 0.1) is 5.41 Å². The third-order valence-corrected chi connectivity index (χ3v) is 3.89. The summed E-state index contributed by atoms with van der Waals surface area (Å²) in [7, 11) is 1.95. The van der Waals surface area contributed by atoms with E-state index in [1.165, 1.54) is 5.56 Å². The average molecular weight is 263 g/mol. The molecule has 0 saturated carbocycles. The molecule has 0 aliphatic carbocycles. The van der Waals surface area contributed by atoms with Crippen molar-refractivity contribution in [2.24, 2.45) is 5.41 Å². The highest BCUT2D eigenvalue weighted by Gasteiger charge is 2.41. The summed E-state index contributed by atoms with van der Waals surface area (Å²) in [5.41, 5.74) is 1.56. The summed E-state index contributed by atoms with van der Waals surface area (Å²) in [4.78, 5) is 13.7. The second-order valence-corrected chi connectivity index (χ2v) is 5.39. The number of benzene rings is 1. The molecule has 4 nitrogen and oxygen atoms in total. The largest absolute Gasteiger partial charge is 0.481 e. The van der Waals surface area contributed by atoms with Crippen LogP contribution in [-0.4, -0.2) is 37.9 Å². The van der Waals surface area contributed by atoms with E-state index in [1.807, 2.05) is 37.1 Å². The van der Waals surface area contributed by atoms with Crippen LogP contribution in [0.15, 0.2) is 24.3 Å². The van der Waals surface area contributed by atoms with Crippen LogP contribution < -0.4 is 4.90 Å². The maximum atomic E-state index is 11.6. The molecule has 0 aromatic heterocycles. The molecule has 0 bridgehead atoms. The molecule has 1 aliphatic rings. The number of carbonyl (C=O) groups is 1. The Labute approximate surface area is 114 Å². The molecule has 0 spiro atoms. The fraction of sp³-hybridized carbons (Fsp3) is 0.533. The summed E-state index contributed by atoms with van der Waals surface area (Å²) < 4.78 is 5.30. The molecule has 1 aromatic rings. The molecule has 19 heavy (non-hydrogen) atoms. The van der Waals surface area contributed by atoms with Crippen LogP contribution in [0.2, 0.25) is 0 Å². The van der Waals surface area contributed by atoms with E-state index in [0.29, 0.717) is 32.6 Å². The van der Waals surface area contributed by atoms with Crippen molar-refractivity contribution in [1.29, 1.82) is 0 Å². The molecule has 0 radical (unpaired) electrons. The Hall–Kier alpha value is -1.55. The fourth-order valence-electron chi connectivity index (χ4n) is 2.61. The van der Waals surface area contributed by atoms with E-state index >= 15 is 0 Å². The van der Waals surface area contributed by atoms with Crippen molar-refractivity contribution in [2.75, 3.05) is 31.7 Å². The minimum Gasteiger partial charge on any atom is -0.481 e. The third kappa shape index (κ3) is 3.07. The maximum Gasteiger partial charge on any atom is 0.311 e. The second kappa shape index (κ2) is 5.61. The molecule has 1 saturated heterocycles. The number of carboxylic acids is 1. The number of ether oxygens (including phenoxy) is 1. The zero-order valence-electron chi connectivity index (χ0n) is 11.6. The lowest BCUT2D eigenvalue weighted by Gasteiger charge is -2.37. The Morgan fingerprint density at radius 3 is 2.68 bits per heavy atom. The molecule has 0 amide bonds. The quantitative estimate of drug-likeness (QED) is 0.905. The number of hydrogen-bond donors (Lipinski definition) is 1. The van der Waals surface area contributed by atoms with Crippen molar-refractivity contribution in [3.8, 4) is 0 Å². The van der Waals surface area contributed by atoms with Gasteiger partial charge < -0.3 is 14.7 Å². The molecule has 1 aromatic carbocycles. The molecule has 0 atom stereocenters. The van der Waals surface area contributed by atoms with Crippen LogP contribution in [0.3, 0.4) is 0 Å². The van der Waals surface area contributed by atoms with Gasteiger partial charge in [-0.15, -0.1) is 0 Å². The minimum atomic E-state index is -0.713. The van der Waals surface area contributed by atoms with E-state index in [0.717, 1.165) is 5.69 Å². The zero-order chi connectivity index (χ0) is 13.9. The van der Waals surface area contributed by atoms with Crippen molar-refractivity contribution in [3.05, 3.63) is 29.8 Å². The summed E-state index contributed by atoms with van der Waals surface area (Å²) >= 11 is 0. The lowest BCUT2D eigenvalue weighted by atomic mass is 9.79. The minimum absolute atomic E-state index is 0.523. The molecule has 1 fully saturated rings. The summed E-state index contributed by atoms with van der Waals surface area (Å²) in [5.74, 6) is -0.713. The first-order valence-corrected chi connectivity index (χ1v) is 6.62. The van der Waals surface area contributed by atoms with E-state index < -0.39 is 11.4 Å². The van der Waals surface area contributed by atoms with Gasteiger partial charge in [-0.2, -0.15) is 0 Å². The monoisotopic (exact) mass is 263 g/mol. The van der Waals surface area contributed by atoms with Gasteiger partial charge in [0, 0.05) is 32.5 Å². The van der Waals surface area contributed by atoms with E-state index in [2.05, 4.69) is 6.07 Å². The number of hydrogen-bond acceptors (Lipinski definition) is 3. The highest BCUT2D eigenvalue weighted by Crippen LogP contribution is 2.33. The first-order valence-electron chi connectivity index (χ1n) is 6.62. The van der Waals surface area contributed by atoms with Crippen LogP contribution in [0, 0.1) is 12.3 Å². The van der Waals surface area contributed by atoms with E-state index in [1.54, 1.807) is 0 Å². The van der Waals surface area contributed by atoms with E-state index in [4.69, 9.17) is 4.74 Å². The maximum absolute atomic E-state index is 11.6. The summed E-state index contributed by atoms with van der Waals surface area (Å²) in [6, 6.07) is 8.13. The Kier molecular flexibility index (Phi) is 4.10. The zero-order valence-corrected chi connectivity index (χ0v) is 11.6. The normalized spacial score (nSPS) is 18.0. The standard InChI is InChI=1S/C15H21NO3/c1-12-4-3-5-13(10-12)16(2)11-15(14(17)18)6-8-19-9-7-15/h3-5,10H,6-9,11H2,1-2H3,(H,17,18). The number of anilines is 1. The van der Waals surface area contributed by atoms with Crippen molar-refractivity contribution >= 4 is 11.7 Å². The van der Waals surface area contributed by atoms with Crippen LogP contribution in [-0.2, 0) is 9.53 Å². The van der Waals surface area contributed by atoms with Gasteiger partial charge in [0.25, 0.3) is 0 Å². The van der Waals surface area contributed by atoms with Gasteiger partial charge in [0.2, 0.25) is 0 Å². The molecule has 104 valence electrons. The van der Waals surface area contributed by atoms with Gasteiger partial charge in [0.1, 0.15) is 0 Å². The predicted molar refractivity (Wildman–Crippen MR) is 74.6 cm³/mol. The molecule has 0 unspecified atom stereocenters. The van der Waals surface area contributed by atoms with E-state index in [9.17, 15) is 9.90 Å². The molecule has 2 rings (SSSR count).